The summed E-state index contributed by atoms with van der Waals surface area (Å²) < 4.78 is 0. The van der Waals surface area contributed by atoms with Crippen LogP contribution in [-0.4, -0.2) is 17.6 Å². The molecule has 0 bridgehead atoms. The highest BCUT2D eigenvalue weighted by atomic mass is 16.1. The van der Waals surface area contributed by atoms with E-state index in [9.17, 15) is 9.59 Å². The molecule has 0 amide bonds. The van der Waals surface area contributed by atoms with Crippen LogP contribution in [0.1, 0.15) is 27.2 Å². The average Bonchev–Trinajstić information content (AvgIpc) is 1.84. The lowest BCUT2D eigenvalue weighted by Gasteiger charge is -2.10. The Morgan fingerprint density at radius 3 is 2.09 bits per heavy atom. The van der Waals surface area contributed by atoms with Crippen molar-refractivity contribution in [3.05, 3.63) is 0 Å². The molecule has 64 valence electrons. The van der Waals surface area contributed by atoms with Gasteiger partial charge in [0.2, 0.25) is 0 Å². The summed E-state index contributed by atoms with van der Waals surface area (Å²) in [5.41, 5.74) is 5.45. The van der Waals surface area contributed by atoms with Gasteiger partial charge in [0.1, 0.15) is 5.78 Å². The van der Waals surface area contributed by atoms with E-state index in [4.69, 9.17) is 5.73 Å². The topological polar surface area (TPSA) is 60.2 Å². The minimum Gasteiger partial charge on any atom is -0.321 e. The zero-order valence-electron chi connectivity index (χ0n) is 7.26. The van der Waals surface area contributed by atoms with Gasteiger partial charge in [-0.1, -0.05) is 13.8 Å². The Kier molecular flexibility index (Phi) is 3.97. The van der Waals surface area contributed by atoms with Crippen LogP contribution >= 0.6 is 0 Å². The molecule has 0 spiro atoms. The fraction of sp³-hybridized carbons (Fsp3) is 0.750. The van der Waals surface area contributed by atoms with Gasteiger partial charge >= 0.3 is 0 Å². The molecule has 1 atom stereocenters. The molecular formula is C8H15NO2. The van der Waals surface area contributed by atoms with Crippen molar-refractivity contribution in [2.75, 3.05) is 0 Å². The van der Waals surface area contributed by atoms with Crippen LogP contribution in [0.2, 0.25) is 0 Å². The average molecular weight is 157 g/mol. The van der Waals surface area contributed by atoms with Crippen LogP contribution in [0.3, 0.4) is 0 Å². The molecule has 0 fully saturated rings. The third kappa shape index (κ3) is 3.88. The van der Waals surface area contributed by atoms with Crippen molar-refractivity contribution in [1.82, 2.24) is 0 Å². The van der Waals surface area contributed by atoms with Crippen molar-refractivity contribution in [1.29, 1.82) is 0 Å². The molecule has 2 N–H and O–H groups in total. The zero-order valence-corrected chi connectivity index (χ0v) is 7.26. The third-order valence-electron chi connectivity index (χ3n) is 1.44. The zero-order chi connectivity index (χ0) is 9.02. The Hall–Kier alpha value is -0.700. The molecule has 0 aromatic rings. The number of nitrogens with two attached hydrogens (primary N) is 1. The van der Waals surface area contributed by atoms with Crippen molar-refractivity contribution in [2.45, 2.75) is 33.2 Å². The molecule has 0 rings (SSSR count). The van der Waals surface area contributed by atoms with E-state index in [0.29, 0.717) is 0 Å². The maximum Gasteiger partial charge on any atom is 0.152 e. The molecule has 11 heavy (non-hydrogen) atoms. The van der Waals surface area contributed by atoms with Gasteiger partial charge in [0.15, 0.2) is 5.78 Å². The van der Waals surface area contributed by atoms with Gasteiger partial charge in [-0.2, -0.15) is 0 Å². The van der Waals surface area contributed by atoms with Gasteiger partial charge in [-0.15, -0.1) is 0 Å². The Labute approximate surface area is 67.0 Å². The summed E-state index contributed by atoms with van der Waals surface area (Å²) in [6.07, 6.45) is 0.164. The van der Waals surface area contributed by atoms with E-state index in [2.05, 4.69) is 0 Å². The molecule has 0 aliphatic carbocycles. The smallest absolute Gasteiger partial charge is 0.152 e. The molecule has 0 heterocycles. The van der Waals surface area contributed by atoms with Crippen LogP contribution in [0.25, 0.3) is 0 Å². The molecule has 0 aliphatic heterocycles. The quantitative estimate of drug-likeness (QED) is 0.647. The Morgan fingerprint density at radius 1 is 1.36 bits per heavy atom. The number of Topliss-reactive ketones (excluding diaryl/α,β-unsaturated/α-hetero) is 2. The number of rotatable bonds is 4. The minimum atomic E-state index is -0.604. The second-order valence-electron chi connectivity index (χ2n) is 3.07. The van der Waals surface area contributed by atoms with Gasteiger partial charge in [-0.3, -0.25) is 9.59 Å². The van der Waals surface area contributed by atoms with Crippen molar-refractivity contribution in [2.24, 2.45) is 11.7 Å². The van der Waals surface area contributed by atoms with Crippen molar-refractivity contribution >= 4 is 11.6 Å². The van der Waals surface area contributed by atoms with E-state index in [1.54, 1.807) is 13.8 Å². The number of carbonyl (C=O) groups excluding carboxylic acids is 2. The van der Waals surface area contributed by atoms with Gasteiger partial charge in [0.05, 0.1) is 6.04 Å². The van der Waals surface area contributed by atoms with Crippen molar-refractivity contribution in [3.8, 4) is 0 Å². The molecule has 0 aliphatic rings. The summed E-state index contributed by atoms with van der Waals surface area (Å²) in [6, 6.07) is -0.604. The van der Waals surface area contributed by atoms with Gasteiger partial charge < -0.3 is 5.73 Å². The first-order chi connectivity index (χ1) is 4.95. The summed E-state index contributed by atoms with van der Waals surface area (Å²) in [7, 11) is 0. The predicted molar refractivity (Wildman–Crippen MR) is 43.1 cm³/mol. The largest absolute Gasteiger partial charge is 0.321 e. The third-order valence-corrected chi connectivity index (χ3v) is 1.44. The Bertz CT molecular complexity index is 163. The van der Waals surface area contributed by atoms with Crippen molar-refractivity contribution in [3.63, 3.8) is 0 Å². The number of hydrogen-bond acceptors (Lipinski definition) is 3. The molecule has 0 aromatic carbocycles. The highest BCUT2D eigenvalue weighted by Crippen LogP contribution is 2.01. The molecule has 3 nitrogen and oxygen atoms in total. The summed E-state index contributed by atoms with van der Waals surface area (Å²) in [6.45, 7) is 5.00. The van der Waals surface area contributed by atoms with Gasteiger partial charge in [-0.05, 0) is 6.92 Å². The highest BCUT2D eigenvalue weighted by molar-refractivity contribution is 5.90. The fourth-order valence-electron chi connectivity index (χ4n) is 0.838. The lowest BCUT2D eigenvalue weighted by atomic mass is 9.99. The van der Waals surface area contributed by atoms with Crippen LogP contribution < -0.4 is 5.73 Å². The molecule has 0 saturated heterocycles. The monoisotopic (exact) mass is 157 g/mol. The number of ketones is 2. The summed E-state index contributed by atoms with van der Waals surface area (Å²) in [5, 5.41) is 0. The Morgan fingerprint density at radius 2 is 1.82 bits per heavy atom. The van der Waals surface area contributed by atoms with E-state index in [1.807, 2.05) is 0 Å². The fourth-order valence-corrected chi connectivity index (χ4v) is 0.838. The van der Waals surface area contributed by atoms with Gasteiger partial charge in [-0.25, -0.2) is 0 Å². The molecule has 0 aromatic heterocycles. The van der Waals surface area contributed by atoms with Crippen LogP contribution in [0.4, 0.5) is 0 Å². The lowest BCUT2D eigenvalue weighted by molar-refractivity contribution is -0.126. The van der Waals surface area contributed by atoms with Crippen LogP contribution in [-0.2, 0) is 9.59 Å². The summed E-state index contributed by atoms with van der Waals surface area (Å²) in [5.74, 6) is -0.156. The first-order valence-corrected chi connectivity index (χ1v) is 3.74. The second-order valence-corrected chi connectivity index (χ2v) is 3.07. The van der Waals surface area contributed by atoms with Crippen LogP contribution in [0, 0.1) is 5.92 Å². The SMILES string of the molecule is CC(=O)C[C@H](N)C(=O)C(C)C. The van der Waals surface area contributed by atoms with E-state index >= 15 is 0 Å². The maximum atomic E-state index is 11.1. The normalized spacial score (nSPS) is 13.2. The summed E-state index contributed by atoms with van der Waals surface area (Å²) >= 11 is 0. The van der Waals surface area contributed by atoms with E-state index in [-0.39, 0.29) is 23.9 Å². The highest BCUT2D eigenvalue weighted by Gasteiger charge is 2.17. The first-order valence-electron chi connectivity index (χ1n) is 3.74. The molecule has 0 radical (unpaired) electrons. The van der Waals surface area contributed by atoms with Gasteiger partial charge in [0.25, 0.3) is 0 Å². The molecular weight excluding hydrogens is 142 g/mol. The lowest BCUT2D eigenvalue weighted by Crippen LogP contribution is -2.35. The number of carbonyl (C=O) groups is 2. The summed E-state index contributed by atoms with van der Waals surface area (Å²) in [4.78, 5) is 21.7. The number of hydrogen-bond donors (Lipinski definition) is 1. The van der Waals surface area contributed by atoms with Crippen LogP contribution in [0.15, 0.2) is 0 Å². The van der Waals surface area contributed by atoms with E-state index < -0.39 is 6.04 Å². The van der Waals surface area contributed by atoms with Crippen LogP contribution in [0.5, 0.6) is 0 Å². The molecule has 3 heteroatoms. The first kappa shape index (κ1) is 10.3. The molecule has 0 unspecified atom stereocenters. The maximum absolute atomic E-state index is 11.1. The second kappa shape index (κ2) is 4.23. The van der Waals surface area contributed by atoms with Crippen molar-refractivity contribution < 1.29 is 9.59 Å². The molecule has 0 saturated carbocycles. The van der Waals surface area contributed by atoms with Gasteiger partial charge in [0, 0.05) is 12.3 Å². The van der Waals surface area contributed by atoms with E-state index in [0.717, 1.165) is 0 Å². The predicted octanol–water partition coefficient (Wildman–Crippen LogP) is 0.518. The standard InChI is InChI=1S/C8H15NO2/c1-5(2)8(11)7(9)4-6(3)10/h5,7H,4,9H2,1-3H3/t7-/m0/s1. The minimum absolute atomic E-state index is 0.0356. The van der Waals surface area contributed by atoms with E-state index in [1.165, 1.54) is 6.92 Å². The Balaban J connectivity index is 3.93.